The Balaban J connectivity index is 1.51. The Hall–Kier alpha value is -3.94. The van der Waals surface area contributed by atoms with E-state index in [9.17, 15) is 9.90 Å². The van der Waals surface area contributed by atoms with Gasteiger partial charge < -0.3 is 5.11 Å². The van der Waals surface area contributed by atoms with Gasteiger partial charge in [0, 0.05) is 36.2 Å². The number of carboxylic acids is 1. The molecule has 0 bridgehead atoms. The molecule has 4 aromatic rings. The van der Waals surface area contributed by atoms with Crippen LogP contribution in [-0.4, -0.2) is 38.8 Å². The number of imidazole rings is 1. The van der Waals surface area contributed by atoms with E-state index in [2.05, 4.69) is 57.9 Å². The van der Waals surface area contributed by atoms with Crippen molar-refractivity contribution in [1.29, 1.82) is 0 Å². The van der Waals surface area contributed by atoms with Gasteiger partial charge in [-0.05, 0) is 36.5 Å². The lowest BCUT2D eigenvalue weighted by molar-refractivity contribution is -0.644. The molecule has 0 atom stereocenters. The third-order valence-corrected chi connectivity index (χ3v) is 6.67. The zero-order valence-electron chi connectivity index (χ0n) is 19.7. The predicted octanol–water partition coefficient (Wildman–Crippen LogP) is 4.29. The van der Waals surface area contributed by atoms with Crippen molar-refractivity contribution in [1.82, 2.24) is 14.6 Å². The molecule has 174 valence electrons. The fraction of sp³-hybridized carbons (Fsp3) is 0.308. The van der Waals surface area contributed by atoms with Crippen molar-refractivity contribution in [2.24, 2.45) is 12.5 Å². The van der Waals surface area contributed by atoms with E-state index in [1.54, 1.807) is 35.1 Å². The maximum Gasteiger partial charge on any atom is 0.335 e. The van der Waals surface area contributed by atoms with E-state index in [-0.39, 0.29) is 5.56 Å². The molecule has 1 saturated heterocycles. The van der Waals surface area contributed by atoms with E-state index in [0.717, 1.165) is 30.2 Å². The number of pyridine rings is 1. The van der Waals surface area contributed by atoms with Crippen LogP contribution in [0.1, 0.15) is 37.0 Å². The van der Waals surface area contributed by atoms with Gasteiger partial charge in [0.05, 0.1) is 31.4 Å². The number of carbonyl (C=O) groups is 1. The van der Waals surface area contributed by atoms with Crippen molar-refractivity contribution in [3.63, 3.8) is 0 Å². The number of benzene rings is 1. The largest absolute Gasteiger partial charge is 0.478 e. The molecule has 1 fully saturated rings. The van der Waals surface area contributed by atoms with Crippen molar-refractivity contribution in [2.75, 3.05) is 23.3 Å². The first-order valence-electron chi connectivity index (χ1n) is 11.5. The summed E-state index contributed by atoms with van der Waals surface area (Å²) in [5.41, 5.74) is 3.50. The first kappa shape index (κ1) is 21.9. The van der Waals surface area contributed by atoms with Crippen LogP contribution >= 0.6 is 0 Å². The van der Waals surface area contributed by atoms with Gasteiger partial charge in [0.15, 0.2) is 5.65 Å². The van der Waals surface area contributed by atoms with Crippen molar-refractivity contribution in [3.05, 3.63) is 66.5 Å². The van der Waals surface area contributed by atoms with Crippen molar-refractivity contribution in [2.45, 2.75) is 26.7 Å². The number of aromatic nitrogens is 4. The molecule has 5 rings (SSSR count). The van der Waals surface area contributed by atoms with Crippen molar-refractivity contribution in [3.8, 4) is 11.3 Å². The molecule has 4 heterocycles. The molecule has 0 radical (unpaired) electrons. The Morgan fingerprint density at radius 1 is 1.12 bits per heavy atom. The first-order valence-corrected chi connectivity index (χ1v) is 11.5. The Morgan fingerprint density at radius 2 is 1.88 bits per heavy atom. The van der Waals surface area contributed by atoms with Crippen LogP contribution in [0, 0.1) is 5.41 Å². The third kappa shape index (κ3) is 4.19. The van der Waals surface area contributed by atoms with E-state index in [1.807, 2.05) is 18.2 Å². The van der Waals surface area contributed by atoms with Crippen LogP contribution in [0.25, 0.3) is 16.9 Å². The molecule has 3 aromatic heterocycles. The zero-order chi connectivity index (χ0) is 23.9. The number of piperidine rings is 1. The average molecular weight is 458 g/mol. The summed E-state index contributed by atoms with van der Waals surface area (Å²) in [7, 11) is 2.07. The summed E-state index contributed by atoms with van der Waals surface area (Å²) in [4.78, 5) is 18.4. The van der Waals surface area contributed by atoms with Crippen molar-refractivity contribution < 1.29 is 14.5 Å². The molecule has 2 N–H and O–H groups in total. The summed E-state index contributed by atoms with van der Waals surface area (Å²) in [5, 5.41) is 17.6. The van der Waals surface area contributed by atoms with Gasteiger partial charge in [-0.25, -0.2) is 18.9 Å². The van der Waals surface area contributed by atoms with Gasteiger partial charge in [-0.1, -0.05) is 26.0 Å². The van der Waals surface area contributed by atoms with Crippen LogP contribution in [-0.2, 0) is 7.05 Å². The monoisotopic (exact) mass is 457 g/mol. The highest BCUT2D eigenvalue weighted by Crippen LogP contribution is 2.32. The normalized spacial score (nSPS) is 15.4. The molecule has 0 saturated carbocycles. The molecule has 1 aliphatic rings. The number of anilines is 3. The van der Waals surface area contributed by atoms with Gasteiger partial charge in [-0.3, -0.25) is 10.2 Å². The molecule has 0 amide bonds. The Kier molecular flexibility index (Phi) is 5.43. The summed E-state index contributed by atoms with van der Waals surface area (Å²) in [6, 6.07) is 15.0. The number of fused-ring (bicyclic) bond motifs is 1. The van der Waals surface area contributed by atoms with Gasteiger partial charge in [0.2, 0.25) is 11.6 Å². The number of rotatable bonds is 5. The second-order valence-corrected chi connectivity index (χ2v) is 9.63. The Labute approximate surface area is 198 Å². The Morgan fingerprint density at radius 3 is 2.65 bits per heavy atom. The van der Waals surface area contributed by atoms with E-state index in [1.165, 1.54) is 18.7 Å². The van der Waals surface area contributed by atoms with Crippen LogP contribution in [0.2, 0.25) is 0 Å². The highest BCUT2D eigenvalue weighted by atomic mass is 16.4. The minimum atomic E-state index is -0.964. The number of hydrogen-bond acceptors (Lipinski definition) is 5. The van der Waals surface area contributed by atoms with E-state index >= 15 is 0 Å². The first-order chi connectivity index (χ1) is 16.3. The van der Waals surface area contributed by atoms with Crippen LogP contribution in [0.15, 0.2) is 60.9 Å². The number of aromatic carboxylic acids is 1. The standard InChI is InChI=1S/C26H28N6O2/c1-26(2)10-13-31(14-11-26)23-9-5-8-22(30(23)3)28-21-17-20(29-32-15-12-27-24(21)32)18-6-4-7-19(16-18)25(33)34/h4-9,12,15-17H,10-11,13-14H2,1-3H3,(H,33,34)/p+1. The molecule has 34 heavy (non-hydrogen) atoms. The summed E-state index contributed by atoms with van der Waals surface area (Å²) < 4.78 is 3.88. The number of hydrogen-bond donors (Lipinski definition) is 2. The summed E-state index contributed by atoms with van der Waals surface area (Å²) in [6.07, 6.45) is 5.83. The molecular formula is C26H29N6O2+. The molecular weight excluding hydrogens is 428 g/mol. The minimum absolute atomic E-state index is 0.225. The summed E-state index contributed by atoms with van der Waals surface area (Å²) in [5.74, 6) is 1.14. The fourth-order valence-electron chi connectivity index (χ4n) is 4.46. The summed E-state index contributed by atoms with van der Waals surface area (Å²) in [6.45, 7) is 6.75. The average Bonchev–Trinajstić information content (AvgIpc) is 3.30. The number of nitrogens with one attached hydrogen (secondary N) is 1. The molecule has 1 aliphatic heterocycles. The SMILES string of the molecule is C[n+]1c(Nc2cc(-c3cccc(C(=O)O)c3)nn3ccnc23)cccc1N1CCC(C)(C)CC1. The highest BCUT2D eigenvalue weighted by Gasteiger charge is 2.29. The zero-order valence-corrected chi connectivity index (χ0v) is 19.7. The fourth-order valence-corrected chi connectivity index (χ4v) is 4.46. The molecule has 0 aliphatic carbocycles. The van der Waals surface area contributed by atoms with E-state index in [4.69, 9.17) is 0 Å². The summed E-state index contributed by atoms with van der Waals surface area (Å²) >= 11 is 0. The molecule has 8 heteroatoms. The van der Waals surface area contributed by atoms with Gasteiger partial charge >= 0.3 is 5.97 Å². The van der Waals surface area contributed by atoms with Gasteiger partial charge in [-0.15, -0.1) is 0 Å². The van der Waals surface area contributed by atoms with E-state index in [0.29, 0.717) is 16.8 Å². The van der Waals surface area contributed by atoms with E-state index < -0.39 is 5.97 Å². The van der Waals surface area contributed by atoms with Gasteiger partial charge in [-0.2, -0.15) is 5.10 Å². The second kappa shape index (κ2) is 8.44. The lowest BCUT2D eigenvalue weighted by Gasteiger charge is -2.35. The molecule has 8 nitrogen and oxygen atoms in total. The van der Waals surface area contributed by atoms with Crippen LogP contribution in [0.5, 0.6) is 0 Å². The molecule has 0 spiro atoms. The quantitative estimate of drug-likeness (QED) is 0.435. The molecule has 0 unspecified atom stereocenters. The smallest absolute Gasteiger partial charge is 0.335 e. The third-order valence-electron chi connectivity index (χ3n) is 6.67. The van der Waals surface area contributed by atoms with Crippen molar-refractivity contribution >= 4 is 28.9 Å². The Bertz CT molecular complexity index is 1370. The minimum Gasteiger partial charge on any atom is -0.478 e. The van der Waals surface area contributed by atoms with Gasteiger partial charge in [0.1, 0.15) is 5.69 Å². The van der Waals surface area contributed by atoms with Crippen LogP contribution in [0.3, 0.4) is 0 Å². The molecule has 1 aromatic carbocycles. The van der Waals surface area contributed by atoms with Crippen LogP contribution in [0.4, 0.5) is 17.3 Å². The topological polar surface area (TPSA) is 86.6 Å². The maximum absolute atomic E-state index is 11.4. The predicted molar refractivity (Wildman–Crippen MR) is 132 cm³/mol. The lowest BCUT2D eigenvalue weighted by Crippen LogP contribution is -2.45. The maximum atomic E-state index is 11.4. The van der Waals surface area contributed by atoms with Gasteiger partial charge in [0.25, 0.3) is 0 Å². The van der Waals surface area contributed by atoms with Crippen LogP contribution < -0.4 is 14.8 Å². The second-order valence-electron chi connectivity index (χ2n) is 9.63. The highest BCUT2D eigenvalue weighted by molar-refractivity contribution is 5.89. The number of carboxylic acid groups (broad SMARTS) is 1. The number of nitrogens with zero attached hydrogens (tertiary/aromatic N) is 5. The lowest BCUT2D eigenvalue weighted by atomic mass is 9.83.